The molecule has 21 heavy (non-hydrogen) atoms. The van der Waals surface area contributed by atoms with E-state index in [4.69, 9.17) is 5.73 Å². The third-order valence-electron chi connectivity index (χ3n) is 3.41. The highest BCUT2D eigenvalue weighted by Gasteiger charge is 2.25. The summed E-state index contributed by atoms with van der Waals surface area (Å²) in [6, 6.07) is 5.63. The van der Waals surface area contributed by atoms with Crippen molar-refractivity contribution < 1.29 is 9.59 Å². The summed E-state index contributed by atoms with van der Waals surface area (Å²) in [6.45, 7) is 8.53. The number of nitrogens with one attached hydrogen (secondary N) is 2. The van der Waals surface area contributed by atoms with Gasteiger partial charge in [-0.05, 0) is 51.0 Å². The first-order chi connectivity index (χ1) is 9.77. The van der Waals surface area contributed by atoms with Crippen molar-refractivity contribution in [1.29, 1.82) is 0 Å². The second kappa shape index (κ2) is 7.11. The molecule has 2 amide bonds. The van der Waals surface area contributed by atoms with Crippen LogP contribution in [-0.2, 0) is 4.79 Å². The van der Waals surface area contributed by atoms with Crippen molar-refractivity contribution >= 4 is 17.5 Å². The standard InChI is InChI=1S/C16H25N3O2/c1-5-8-18-12-6-7-13(11(2)9-12)14(20)19-10-16(3,4)15(17)21/h6-7,9,18H,5,8,10H2,1-4H3,(H2,17,21)(H,19,20). The first-order valence-corrected chi connectivity index (χ1v) is 7.20. The fourth-order valence-corrected chi connectivity index (χ4v) is 1.78. The monoisotopic (exact) mass is 291 g/mol. The normalized spacial score (nSPS) is 11.0. The number of hydrogen-bond donors (Lipinski definition) is 3. The summed E-state index contributed by atoms with van der Waals surface area (Å²) in [5.41, 5.74) is 7.04. The number of aryl methyl sites for hydroxylation is 1. The van der Waals surface area contributed by atoms with E-state index in [-0.39, 0.29) is 12.5 Å². The van der Waals surface area contributed by atoms with E-state index in [1.54, 1.807) is 19.9 Å². The minimum absolute atomic E-state index is 0.191. The lowest BCUT2D eigenvalue weighted by molar-refractivity contribution is -0.125. The summed E-state index contributed by atoms with van der Waals surface area (Å²) in [4.78, 5) is 23.4. The number of rotatable bonds is 7. The van der Waals surface area contributed by atoms with Crippen LogP contribution in [-0.4, -0.2) is 24.9 Å². The minimum Gasteiger partial charge on any atom is -0.385 e. The largest absolute Gasteiger partial charge is 0.385 e. The number of amides is 2. The van der Waals surface area contributed by atoms with Crippen LogP contribution in [0.15, 0.2) is 18.2 Å². The fraction of sp³-hybridized carbons (Fsp3) is 0.500. The molecule has 4 N–H and O–H groups in total. The molecule has 0 aromatic heterocycles. The van der Waals surface area contributed by atoms with Gasteiger partial charge < -0.3 is 16.4 Å². The lowest BCUT2D eigenvalue weighted by Crippen LogP contribution is -2.42. The van der Waals surface area contributed by atoms with E-state index in [0.717, 1.165) is 24.2 Å². The Morgan fingerprint density at radius 3 is 2.48 bits per heavy atom. The maximum absolute atomic E-state index is 12.2. The number of anilines is 1. The lowest BCUT2D eigenvalue weighted by atomic mass is 9.92. The molecule has 0 aliphatic carbocycles. The number of primary amides is 1. The zero-order valence-electron chi connectivity index (χ0n) is 13.2. The highest BCUT2D eigenvalue weighted by molar-refractivity contribution is 5.96. The van der Waals surface area contributed by atoms with Crippen LogP contribution in [0.5, 0.6) is 0 Å². The maximum Gasteiger partial charge on any atom is 0.251 e. The predicted octanol–water partition coefficient (Wildman–Crippen LogP) is 2.06. The molecule has 0 saturated carbocycles. The second-order valence-corrected chi connectivity index (χ2v) is 5.89. The van der Waals surface area contributed by atoms with E-state index in [2.05, 4.69) is 17.6 Å². The van der Waals surface area contributed by atoms with Crippen LogP contribution in [0.4, 0.5) is 5.69 Å². The Balaban J connectivity index is 2.73. The summed E-state index contributed by atoms with van der Waals surface area (Å²) in [5, 5.41) is 6.04. The van der Waals surface area contributed by atoms with Crippen LogP contribution < -0.4 is 16.4 Å². The summed E-state index contributed by atoms with van der Waals surface area (Å²) in [6.07, 6.45) is 1.05. The van der Waals surface area contributed by atoms with E-state index >= 15 is 0 Å². The summed E-state index contributed by atoms with van der Waals surface area (Å²) in [7, 11) is 0. The van der Waals surface area contributed by atoms with E-state index < -0.39 is 11.3 Å². The molecule has 0 aliphatic rings. The fourth-order valence-electron chi connectivity index (χ4n) is 1.78. The maximum atomic E-state index is 12.2. The van der Waals surface area contributed by atoms with Gasteiger partial charge in [-0.15, -0.1) is 0 Å². The number of carbonyl (C=O) groups excluding carboxylic acids is 2. The summed E-state index contributed by atoms with van der Waals surface area (Å²) >= 11 is 0. The molecule has 0 bridgehead atoms. The van der Waals surface area contributed by atoms with Crippen LogP contribution in [0.2, 0.25) is 0 Å². The van der Waals surface area contributed by atoms with Crippen molar-refractivity contribution in [2.24, 2.45) is 11.1 Å². The summed E-state index contributed by atoms with van der Waals surface area (Å²) in [5.74, 6) is -0.623. The average Bonchev–Trinajstić information content (AvgIpc) is 2.42. The smallest absolute Gasteiger partial charge is 0.251 e. The van der Waals surface area contributed by atoms with Gasteiger partial charge in [-0.2, -0.15) is 0 Å². The van der Waals surface area contributed by atoms with Crippen molar-refractivity contribution in [1.82, 2.24) is 5.32 Å². The first-order valence-electron chi connectivity index (χ1n) is 7.20. The third kappa shape index (κ3) is 4.77. The molecule has 0 unspecified atom stereocenters. The quantitative estimate of drug-likeness (QED) is 0.719. The highest BCUT2D eigenvalue weighted by atomic mass is 16.2. The molecule has 0 heterocycles. The zero-order chi connectivity index (χ0) is 16.0. The molecule has 116 valence electrons. The van der Waals surface area contributed by atoms with E-state index in [9.17, 15) is 9.59 Å². The zero-order valence-corrected chi connectivity index (χ0v) is 13.2. The summed E-state index contributed by atoms with van der Waals surface area (Å²) < 4.78 is 0. The van der Waals surface area contributed by atoms with Gasteiger partial charge in [0, 0.05) is 24.3 Å². The lowest BCUT2D eigenvalue weighted by Gasteiger charge is -2.21. The SMILES string of the molecule is CCCNc1ccc(C(=O)NCC(C)(C)C(N)=O)c(C)c1. The molecular formula is C16H25N3O2. The van der Waals surface area contributed by atoms with Crippen molar-refractivity contribution in [3.05, 3.63) is 29.3 Å². The Labute approximate surface area is 126 Å². The molecule has 1 aromatic rings. The van der Waals surface area contributed by atoms with Crippen molar-refractivity contribution in [3.63, 3.8) is 0 Å². The predicted molar refractivity (Wildman–Crippen MR) is 85.3 cm³/mol. The van der Waals surface area contributed by atoms with Crippen LogP contribution in [0.1, 0.15) is 43.1 Å². The number of nitrogens with two attached hydrogens (primary N) is 1. The minimum atomic E-state index is -0.758. The molecule has 0 atom stereocenters. The molecule has 0 spiro atoms. The first kappa shape index (κ1) is 17.0. The molecule has 1 aromatic carbocycles. The average molecular weight is 291 g/mol. The van der Waals surface area contributed by atoms with Gasteiger partial charge in [-0.1, -0.05) is 6.92 Å². The Morgan fingerprint density at radius 2 is 1.95 bits per heavy atom. The van der Waals surface area contributed by atoms with Crippen LogP contribution >= 0.6 is 0 Å². The van der Waals surface area contributed by atoms with E-state index in [0.29, 0.717) is 5.56 Å². The van der Waals surface area contributed by atoms with Crippen LogP contribution in [0.25, 0.3) is 0 Å². The Morgan fingerprint density at radius 1 is 1.29 bits per heavy atom. The van der Waals surface area contributed by atoms with Crippen LogP contribution in [0.3, 0.4) is 0 Å². The highest BCUT2D eigenvalue weighted by Crippen LogP contribution is 2.16. The second-order valence-electron chi connectivity index (χ2n) is 5.89. The van der Waals surface area contributed by atoms with Gasteiger partial charge in [0.1, 0.15) is 0 Å². The molecule has 0 radical (unpaired) electrons. The molecule has 5 nitrogen and oxygen atoms in total. The molecule has 0 saturated heterocycles. The van der Waals surface area contributed by atoms with Crippen molar-refractivity contribution in [2.75, 3.05) is 18.4 Å². The van der Waals surface area contributed by atoms with E-state index in [1.165, 1.54) is 0 Å². The van der Waals surface area contributed by atoms with Crippen molar-refractivity contribution in [3.8, 4) is 0 Å². The van der Waals surface area contributed by atoms with E-state index in [1.807, 2.05) is 19.1 Å². The molecule has 0 fully saturated rings. The van der Waals surface area contributed by atoms with Crippen LogP contribution in [0, 0.1) is 12.3 Å². The number of benzene rings is 1. The Bertz CT molecular complexity index is 524. The van der Waals surface area contributed by atoms with Gasteiger partial charge in [-0.3, -0.25) is 9.59 Å². The van der Waals surface area contributed by atoms with Gasteiger partial charge >= 0.3 is 0 Å². The van der Waals surface area contributed by atoms with Gasteiger partial charge in [0.2, 0.25) is 5.91 Å². The number of hydrogen-bond acceptors (Lipinski definition) is 3. The third-order valence-corrected chi connectivity index (χ3v) is 3.41. The van der Waals surface area contributed by atoms with Crippen molar-refractivity contribution in [2.45, 2.75) is 34.1 Å². The number of carbonyl (C=O) groups is 2. The molecule has 1 rings (SSSR count). The van der Waals surface area contributed by atoms with Gasteiger partial charge in [0.15, 0.2) is 0 Å². The van der Waals surface area contributed by atoms with Gasteiger partial charge in [-0.25, -0.2) is 0 Å². The molecular weight excluding hydrogens is 266 g/mol. The Kier molecular flexibility index (Phi) is 5.76. The molecule has 5 heteroatoms. The molecule has 0 aliphatic heterocycles. The van der Waals surface area contributed by atoms with Gasteiger partial charge in [0.05, 0.1) is 5.41 Å². The van der Waals surface area contributed by atoms with Gasteiger partial charge in [0.25, 0.3) is 5.91 Å². The Hall–Kier alpha value is -2.04. The topological polar surface area (TPSA) is 84.2 Å².